The molecule has 13 aromatic rings. The minimum absolute atomic E-state index is 0.550. The third kappa shape index (κ3) is 6.26. The van der Waals surface area contributed by atoms with Crippen molar-refractivity contribution in [1.82, 2.24) is 0 Å². The van der Waals surface area contributed by atoms with Crippen molar-refractivity contribution in [2.75, 3.05) is 4.90 Å². The molecule has 3 heterocycles. The quantitative estimate of drug-likeness (QED) is 0.152. The molecule has 69 heavy (non-hydrogen) atoms. The van der Waals surface area contributed by atoms with E-state index in [0.29, 0.717) is 0 Å². The maximum Gasteiger partial charge on any atom is 0.135 e. The number of furan rings is 2. The number of para-hydroxylation sites is 2. The maximum absolute atomic E-state index is 6.19. The second kappa shape index (κ2) is 15.7. The van der Waals surface area contributed by atoms with Crippen LogP contribution in [0.4, 0.5) is 17.1 Å². The predicted molar refractivity (Wildman–Crippen MR) is 287 cm³/mol. The molecule has 0 amide bonds. The average molecular weight is 900 g/mol. The van der Waals surface area contributed by atoms with Gasteiger partial charge in [0, 0.05) is 48.4 Å². The van der Waals surface area contributed by atoms with Crippen LogP contribution < -0.4 is 4.90 Å². The lowest BCUT2D eigenvalue weighted by Gasteiger charge is -2.34. The fourth-order valence-electron chi connectivity index (χ4n) is 11.0. The molecule has 3 aromatic heterocycles. The van der Waals surface area contributed by atoms with Crippen molar-refractivity contribution >= 4 is 72.3 Å². The summed E-state index contributed by atoms with van der Waals surface area (Å²) in [5.41, 5.74) is 18.4. The van der Waals surface area contributed by atoms with Crippen molar-refractivity contribution in [3.63, 3.8) is 0 Å². The second-order valence-electron chi connectivity index (χ2n) is 18.0. The van der Waals surface area contributed by atoms with Gasteiger partial charge in [-0.05, 0) is 141 Å². The van der Waals surface area contributed by atoms with Gasteiger partial charge in [0.05, 0.1) is 5.41 Å². The van der Waals surface area contributed by atoms with Crippen molar-refractivity contribution in [3.05, 3.63) is 270 Å². The Kier molecular flexibility index (Phi) is 8.98. The summed E-state index contributed by atoms with van der Waals surface area (Å²) in [6.07, 6.45) is 0. The Balaban J connectivity index is 0.926. The van der Waals surface area contributed by atoms with Crippen molar-refractivity contribution in [3.8, 4) is 43.8 Å². The van der Waals surface area contributed by atoms with Crippen LogP contribution >= 0.6 is 11.3 Å². The van der Waals surface area contributed by atoms with Gasteiger partial charge in [0.2, 0.25) is 0 Å². The number of fused-ring (bicyclic) bond motifs is 9. The normalized spacial score (nSPS) is 12.8. The highest BCUT2D eigenvalue weighted by atomic mass is 32.1. The summed E-state index contributed by atoms with van der Waals surface area (Å²) in [6.45, 7) is 0. The highest BCUT2D eigenvalue weighted by Gasteiger charge is 2.47. The molecule has 1 aliphatic rings. The topological polar surface area (TPSA) is 29.5 Å². The van der Waals surface area contributed by atoms with Crippen molar-refractivity contribution in [2.24, 2.45) is 0 Å². The third-order valence-corrected chi connectivity index (χ3v) is 15.4. The van der Waals surface area contributed by atoms with Crippen LogP contribution in [0.2, 0.25) is 0 Å². The minimum atomic E-state index is -0.550. The molecule has 4 heteroatoms. The SMILES string of the molecule is c1ccc(-c2ccc(C3(c4cccc(N(c5ccc(-c6ccc7oc8ccccc8c7c6)cc5)c5ccc(-c6ccc7oc8ccccc8c7c6)cc5)c4)c4ccccc4-c4ccccc43)s2)cc1. The maximum atomic E-state index is 6.19. The van der Waals surface area contributed by atoms with E-state index in [9.17, 15) is 0 Å². The molecule has 324 valence electrons. The molecule has 0 fully saturated rings. The van der Waals surface area contributed by atoms with Gasteiger partial charge in [-0.15, -0.1) is 11.3 Å². The minimum Gasteiger partial charge on any atom is -0.456 e. The van der Waals surface area contributed by atoms with Crippen LogP contribution in [-0.4, -0.2) is 0 Å². The van der Waals surface area contributed by atoms with E-state index in [1.165, 1.54) is 43.1 Å². The van der Waals surface area contributed by atoms with Gasteiger partial charge < -0.3 is 13.7 Å². The fourth-order valence-corrected chi connectivity index (χ4v) is 12.2. The number of thiophene rings is 1. The summed E-state index contributed by atoms with van der Waals surface area (Å²) in [5.74, 6) is 0. The van der Waals surface area contributed by atoms with Crippen molar-refractivity contribution in [2.45, 2.75) is 5.41 Å². The molecular weight excluding hydrogens is 859 g/mol. The summed E-state index contributed by atoms with van der Waals surface area (Å²) in [5, 5.41) is 4.50. The molecule has 3 nitrogen and oxygen atoms in total. The first-order chi connectivity index (χ1) is 34.2. The number of hydrogen-bond donors (Lipinski definition) is 0. The fraction of sp³-hybridized carbons (Fsp3) is 0.0154. The van der Waals surface area contributed by atoms with Crippen LogP contribution in [0.3, 0.4) is 0 Å². The van der Waals surface area contributed by atoms with Gasteiger partial charge in [0.1, 0.15) is 22.3 Å². The Labute approximate surface area is 403 Å². The first-order valence-electron chi connectivity index (χ1n) is 23.5. The van der Waals surface area contributed by atoms with Crippen molar-refractivity contribution < 1.29 is 8.83 Å². The lowest BCUT2D eigenvalue weighted by Crippen LogP contribution is -2.27. The summed E-state index contributed by atoms with van der Waals surface area (Å²) in [7, 11) is 0. The van der Waals surface area contributed by atoms with Gasteiger partial charge in [0.25, 0.3) is 0 Å². The van der Waals surface area contributed by atoms with E-state index in [4.69, 9.17) is 8.83 Å². The molecular formula is C65H41NO2S. The molecule has 0 atom stereocenters. The monoisotopic (exact) mass is 899 g/mol. The zero-order valence-corrected chi connectivity index (χ0v) is 38.2. The smallest absolute Gasteiger partial charge is 0.135 e. The molecule has 0 saturated carbocycles. The lowest BCUT2D eigenvalue weighted by atomic mass is 9.71. The first kappa shape index (κ1) is 39.5. The first-order valence-corrected chi connectivity index (χ1v) is 24.3. The Morgan fingerprint density at radius 2 is 0.812 bits per heavy atom. The molecule has 0 aliphatic heterocycles. The van der Waals surface area contributed by atoms with Gasteiger partial charge in [-0.1, -0.05) is 164 Å². The molecule has 0 N–H and O–H groups in total. The Morgan fingerprint density at radius 1 is 0.319 bits per heavy atom. The largest absolute Gasteiger partial charge is 0.456 e. The van der Waals surface area contributed by atoms with E-state index in [2.05, 4.69) is 229 Å². The van der Waals surface area contributed by atoms with Gasteiger partial charge in [-0.2, -0.15) is 0 Å². The predicted octanol–water partition coefficient (Wildman–Crippen LogP) is 18.4. The highest BCUT2D eigenvalue weighted by molar-refractivity contribution is 7.15. The summed E-state index contributed by atoms with van der Waals surface area (Å²) < 4.78 is 12.4. The van der Waals surface area contributed by atoms with E-state index in [0.717, 1.165) is 83.2 Å². The number of hydrogen-bond acceptors (Lipinski definition) is 4. The molecule has 0 unspecified atom stereocenters. The van der Waals surface area contributed by atoms with Gasteiger partial charge in [-0.3, -0.25) is 0 Å². The van der Waals surface area contributed by atoms with E-state index in [-0.39, 0.29) is 0 Å². The zero-order chi connectivity index (χ0) is 45.5. The highest BCUT2D eigenvalue weighted by Crippen LogP contribution is 2.58. The molecule has 0 saturated heterocycles. The van der Waals surface area contributed by atoms with E-state index >= 15 is 0 Å². The molecule has 10 aromatic carbocycles. The Morgan fingerprint density at radius 3 is 1.39 bits per heavy atom. The van der Waals surface area contributed by atoms with Crippen LogP contribution in [0.1, 0.15) is 21.6 Å². The third-order valence-electron chi connectivity index (χ3n) is 14.2. The standard InChI is InChI=1S/C65H41NO2S/c1-2-13-44(14-3-1)63-37-38-64(69-63)65(57-21-8-4-17-51(57)52-18-5-9-22-58(52)65)47-15-12-16-50(41-47)66(48-31-25-42(26-32-48)45-29-35-61-55(39-45)53-19-6-10-23-59(53)67-61)49-33-27-43(28-34-49)46-30-36-62-56(40-46)54-20-7-11-24-60(54)68-62/h1-41H. The summed E-state index contributed by atoms with van der Waals surface area (Å²) in [6, 6.07) is 90.3. The van der Waals surface area contributed by atoms with Crippen LogP contribution in [0, 0.1) is 0 Å². The molecule has 0 radical (unpaired) electrons. The molecule has 1 aliphatic carbocycles. The van der Waals surface area contributed by atoms with E-state index in [1.807, 2.05) is 35.6 Å². The van der Waals surface area contributed by atoms with E-state index in [1.54, 1.807) is 0 Å². The Hall–Kier alpha value is -8.70. The van der Waals surface area contributed by atoms with E-state index < -0.39 is 5.41 Å². The van der Waals surface area contributed by atoms with Gasteiger partial charge >= 0.3 is 0 Å². The van der Waals surface area contributed by atoms with Crippen molar-refractivity contribution in [1.29, 1.82) is 0 Å². The lowest BCUT2D eigenvalue weighted by molar-refractivity contribution is 0.668. The number of nitrogens with zero attached hydrogens (tertiary/aromatic N) is 1. The summed E-state index contributed by atoms with van der Waals surface area (Å²) >= 11 is 1.89. The number of benzene rings is 10. The average Bonchev–Trinajstić information content (AvgIpc) is 4.21. The zero-order valence-electron chi connectivity index (χ0n) is 37.3. The number of rotatable bonds is 8. The van der Waals surface area contributed by atoms with Crippen LogP contribution in [0.15, 0.2) is 258 Å². The summed E-state index contributed by atoms with van der Waals surface area (Å²) in [4.78, 5) is 4.95. The second-order valence-corrected chi connectivity index (χ2v) is 19.1. The van der Waals surface area contributed by atoms with Gasteiger partial charge in [0.15, 0.2) is 0 Å². The molecule has 0 spiro atoms. The Bertz CT molecular complexity index is 3880. The van der Waals surface area contributed by atoms with Crippen LogP contribution in [0.5, 0.6) is 0 Å². The molecule has 0 bridgehead atoms. The van der Waals surface area contributed by atoms with Gasteiger partial charge in [-0.25, -0.2) is 0 Å². The number of anilines is 3. The van der Waals surface area contributed by atoms with Crippen LogP contribution in [-0.2, 0) is 5.41 Å². The molecule has 14 rings (SSSR count). The van der Waals surface area contributed by atoms with Crippen LogP contribution in [0.25, 0.3) is 87.7 Å².